The van der Waals surface area contributed by atoms with Gasteiger partial charge in [-0.2, -0.15) is 5.10 Å². The van der Waals surface area contributed by atoms with E-state index in [4.69, 9.17) is 0 Å². The lowest BCUT2D eigenvalue weighted by Gasteiger charge is -2.19. The lowest BCUT2D eigenvalue weighted by Crippen LogP contribution is -2.35. The molecule has 0 aliphatic heterocycles. The number of hydrogen-bond donors (Lipinski definition) is 2. The number of rotatable bonds is 4. The minimum Gasteiger partial charge on any atom is -0.479 e. The van der Waals surface area contributed by atoms with Crippen LogP contribution in [0.2, 0.25) is 0 Å². The number of carbonyl (C=O) groups is 2. The van der Waals surface area contributed by atoms with Crippen LogP contribution in [0.15, 0.2) is 30.7 Å². The van der Waals surface area contributed by atoms with E-state index in [1.807, 2.05) is 6.07 Å². The summed E-state index contributed by atoms with van der Waals surface area (Å²) in [7, 11) is 0. The molecule has 0 saturated heterocycles. The Bertz CT molecular complexity index is 755. The number of carboxylic acids is 1. The van der Waals surface area contributed by atoms with Crippen molar-refractivity contribution in [1.29, 1.82) is 0 Å². The Balaban J connectivity index is 2.13. The molecule has 128 valence electrons. The summed E-state index contributed by atoms with van der Waals surface area (Å²) in [6.45, 7) is 9.27. The van der Waals surface area contributed by atoms with Gasteiger partial charge in [0.2, 0.25) is 0 Å². The number of carbonyl (C=O) groups excluding carboxylic acids is 1. The minimum absolute atomic E-state index is 0.0362. The van der Waals surface area contributed by atoms with Crippen LogP contribution in [-0.2, 0) is 15.7 Å². The van der Waals surface area contributed by atoms with Crippen molar-refractivity contribution in [2.75, 3.05) is 5.32 Å². The van der Waals surface area contributed by atoms with Crippen molar-refractivity contribution in [2.45, 2.75) is 45.6 Å². The molecule has 0 aliphatic carbocycles. The highest BCUT2D eigenvalue weighted by Crippen LogP contribution is 2.21. The monoisotopic (exact) mass is 330 g/mol. The van der Waals surface area contributed by atoms with Gasteiger partial charge in [-0.1, -0.05) is 26.8 Å². The highest BCUT2D eigenvalue weighted by atomic mass is 16.4. The highest BCUT2D eigenvalue weighted by molar-refractivity contribution is 6.02. The average molecular weight is 330 g/mol. The van der Waals surface area contributed by atoms with Crippen molar-refractivity contribution in [2.24, 2.45) is 0 Å². The molecule has 0 aromatic carbocycles. The Morgan fingerprint density at radius 2 is 1.79 bits per heavy atom. The molecule has 0 aliphatic rings. The first-order valence-corrected chi connectivity index (χ1v) is 7.58. The van der Waals surface area contributed by atoms with Crippen molar-refractivity contribution >= 4 is 17.6 Å². The van der Waals surface area contributed by atoms with E-state index in [-0.39, 0.29) is 17.0 Å². The number of amides is 1. The summed E-state index contributed by atoms with van der Waals surface area (Å²) >= 11 is 0. The van der Waals surface area contributed by atoms with Gasteiger partial charge < -0.3 is 10.4 Å². The smallest absolute Gasteiger partial charge is 0.331 e. The van der Waals surface area contributed by atoms with Crippen LogP contribution in [-0.4, -0.2) is 31.7 Å². The van der Waals surface area contributed by atoms with Gasteiger partial charge in [0.25, 0.3) is 5.91 Å². The van der Waals surface area contributed by atoms with Crippen LogP contribution in [0.3, 0.4) is 0 Å². The SMILES string of the molecule is CC(C)(C)c1ccc(C(=O)Nc2cnn(C(C)(C)C(=O)O)c2)nc1. The second-order valence-corrected chi connectivity index (χ2v) is 7.17. The number of carboxylic acid groups (broad SMARTS) is 1. The molecule has 2 aromatic rings. The maximum atomic E-state index is 12.2. The van der Waals surface area contributed by atoms with Crippen LogP contribution in [0.1, 0.15) is 50.7 Å². The molecule has 2 rings (SSSR count). The van der Waals surface area contributed by atoms with Crippen molar-refractivity contribution in [3.8, 4) is 0 Å². The molecule has 0 radical (unpaired) electrons. The summed E-state index contributed by atoms with van der Waals surface area (Å²) < 4.78 is 1.29. The van der Waals surface area contributed by atoms with E-state index in [2.05, 4.69) is 36.2 Å². The number of hydrogen-bond acceptors (Lipinski definition) is 4. The molecule has 1 amide bonds. The first-order chi connectivity index (χ1) is 11.0. The first-order valence-electron chi connectivity index (χ1n) is 7.58. The van der Waals surface area contributed by atoms with Crippen molar-refractivity contribution in [1.82, 2.24) is 14.8 Å². The summed E-state index contributed by atoms with van der Waals surface area (Å²) in [6.07, 6.45) is 4.58. The molecule has 0 atom stereocenters. The van der Waals surface area contributed by atoms with Gasteiger partial charge in [-0.15, -0.1) is 0 Å². The Kier molecular flexibility index (Phi) is 4.46. The lowest BCUT2D eigenvalue weighted by molar-refractivity contribution is -0.146. The molecule has 0 spiro atoms. The fourth-order valence-electron chi connectivity index (χ4n) is 1.96. The van der Waals surface area contributed by atoms with E-state index in [0.29, 0.717) is 5.69 Å². The molecule has 7 nitrogen and oxygen atoms in total. The van der Waals surface area contributed by atoms with Gasteiger partial charge in [0.1, 0.15) is 5.69 Å². The van der Waals surface area contributed by atoms with E-state index in [9.17, 15) is 14.7 Å². The Morgan fingerprint density at radius 3 is 2.29 bits per heavy atom. The molecule has 0 bridgehead atoms. The summed E-state index contributed by atoms with van der Waals surface area (Å²) in [5, 5.41) is 15.9. The predicted octanol–water partition coefficient (Wildman–Crippen LogP) is 2.65. The number of nitrogens with zero attached hydrogens (tertiary/aromatic N) is 3. The zero-order valence-corrected chi connectivity index (χ0v) is 14.5. The number of nitrogens with one attached hydrogen (secondary N) is 1. The topological polar surface area (TPSA) is 97.1 Å². The van der Waals surface area contributed by atoms with Crippen molar-refractivity contribution in [3.63, 3.8) is 0 Å². The number of pyridine rings is 1. The van der Waals surface area contributed by atoms with E-state index in [1.54, 1.807) is 12.3 Å². The molecule has 0 unspecified atom stereocenters. The van der Waals surface area contributed by atoms with E-state index < -0.39 is 11.5 Å². The van der Waals surface area contributed by atoms with Gasteiger partial charge in [0.15, 0.2) is 5.54 Å². The maximum Gasteiger partial charge on any atom is 0.331 e. The van der Waals surface area contributed by atoms with Gasteiger partial charge >= 0.3 is 5.97 Å². The Labute approximate surface area is 140 Å². The molecular weight excluding hydrogens is 308 g/mol. The normalized spacial score (nSPS) is 12.0. The fourth-order valence-corrected chi connectivity index (χ4v) is 1.96. The van der Waals surface area contributed by atoms with Crippen molar-refractivity contribution in [3.05, 3.63) is 42.0 Å². The molecule has 2 heterocycles. The minimum atomic E-state index is -1.20. The van der Waals surface area contributed by atoms with E-state index >= 15 is 0 Å². The van der Waals surface area contributed by atoms with Crippen molar-refractivity contribution < 1.29 is 14.7 Å². The zero-order chi connectivity index (χ0) is 18.1. The van der Waals surface area contributed by atoms with Crippen LogP contribution in [0, 0.1) is 0 Å². The van der Waals surface area contributed by atoms with Crippen LogP contribution in [0.25, 0.3) is 0 Å². The summed E-state index contributed by atoms with van der Waals surface area (Å²) in [4.78, 5) is 27.7. The van der Waals surface area contributed by atoms with Gasteiger partial charge in [-0.25, -0.2) is 4.79 Å². The van der Waals surface area contributed by atoms with E-state index in [1.165, 1.54) is 30.9 Å². The summed E-state index contributed by atoms with van der Waals surface area (Å²) in [6, 6.07) is 3.54. The molecule has 0 saturated carbocycles. The molecular formula is C17H22N4O3. The van der Waals surface area contributed by atoms with Crippen LogP contribution < -0.4 is 5.32 Å². The summed E-state index contributed by atoms with van der Waals surface area (Å²) in [5.41, 5.74) is 0.501. The first kappa shape index (κ1) is 17.7. The third kappa shape index (κ3) is 3.61. The molecule has 2 aromatic heterocycles. The second-order valence-electron chi connectivity index (χ2n) is 7.17. The van der Waals surface area contributed by atoms with Gasteiger partial charge in [0.05, 0.1) is 11.9 Å². The molecule has 7 heteroatoms. The molecule has 24 heavy (non-hydrogen) atoms. The number of aromatic nitrogens is 3. The largest absolute Gasteiger partial charge is 0.479 e. The van der Waals surface area contributed by atoms with Crippen LogP contribution >= 0.6 is 0 Å². The molecule has 2 N–H and O–H groups in total. The fraction of sp³-hybridized carbons (Fsp3) is 0.412. The van der Waals surface area contributed by atoms with Gasteiger partial charge in [0, 0.05) is 12.4 Å². The second kappa shape index (κ2) is 6.07. The third-order valence-corrected chi connectivity index (χ3v) is 3.80. The maximum absolute atomic E-state index is 12.2. The Hall–Kier alpha value is -2.70. The third-order valence-electron chi connectivity index (χ3n) is 3.80. The Morgan fingerprint density at radius 1 is 1.12 bits per heavy atom. The van der Waals surface area contributed by atoms with Crippen LogP contribution in [0.4, 0.5) is 5.69 Å². The standard InChI is InChI=1S/C17H22N4O3/c1-16(2,3)11-6-7-13(18-8-11)14(22)20-12-9-19-21(10-12)17(4,5)15(23)24/h6-10H,1-5H3,(H,20,22)(H,23,24). The van der Waals surface area contributed by atoms with Gasteiger partial charge in [-0.3, -0.25) is 14.5 Å². The quantitative estimate of drug-likeness (QED) is 0.898. The van der Waals surface area contributed by atoms with E-state index in [0.717, 1.165) is 5.56 Å². The zero-order valence-electron chi connectivity index (χ0n) is 14.5. The number of anilines is 1. The average Bonchev–Trinajstić information content (AvgIpc) is 2.95. The summed E-state index contributed by atoms with van der Waals surface area (Å²) in [5.74, 6) is -1.38. The highest BCUT2D eigenvalue weighted by Gasteiger charge is 2.30. The van der Waals surface area contributed by atoms with Crippen LogP contribution in [0.5, 0.6) is 0 Å². The lowest BCUT2D eigenvalue weighted by atomic mass is 9.88. The predicted molar refractivity (Wildman–Crippen MR) is 90.1 cm³/mol. The van der Waals surface area contributed by atoms with Gasteiger partial charge in [-0.05, 0) is 30.9 Å². The molecule has 0 fully saturated rings. The number of aliphatic carboxylic acids is 1.